The third-order valence-corrected chi connectivity index (χ3v) is 6.01. The lowest BCUT2D eigenvalue weighted by atomic mass is 10.1. The molecular formula is C21H22N4OS. The van der Waals surface area contributed by atoms with Crippen molar-refractivity contribution in [1.29, 1.82) is 0 Å². The van der Waals surface area contributed by atoms with Crippen LogP contribution in [0.4, 0.5) is 5.69 Å². The van der Waals surface area contributed by atoms with Gasteiger partial charge in [0.1, 0.15) is 6.33 Å². The van der Waals surface area contributed by atoms with E-state index in [0.29, 0.717) is 0 Å². The first-order chi connectivity index (χ1) is 13.1. The minimum absolute atomic E-state index is 0.108. The van der Waals surface area contributed by atoms with Crippen molar-refractivity contribution in [2.75, 3.05) is 4.90 Å². The Morgan fingerprint density at radius 3 is 2.63 bits per heavy atom. The van der Waals surface area contributed by atoms with Gasteiger partial charge in [-0.05, 0) is 50.5 Å². The Morgan fingerprint density at radius 1 is 1.15 bits per heavy atom. The van der Waals surface area contributed by atoms with Gasteiger partial charge >= 0.3 is 0 Å². The Kier molecular flexibility index (Phi) is 4.74. The van der Waals surface area contributed by atoms with Crippen molar-refractivity contribution < 1.29 is 4.79 Å². The lowest BCUT2D eigenvalue weighted by Gasteiger charge is -2.25. The number of aryl methyl sites for hydroxylation is 1. The van der Waals surface area contributed by atoms with E-state index in [1.165, 1.54) is 17.3 Å². The van der Waals surface area contributed by atoms with Crippen molar-refractivity contribution in [3.05, 3.63) is 66.0 Å². The number of aromatic nitrogens is 3. The van der Waals surface area contributed by atoms with Gasteiger partial charge in [-0.2, -0.15) is 0 Å². The smallest absolute Gasteiger partial charge is 0.240 e. The van der Waals surface area contributed by atoms with E-state index < -0.39 is 0 Å². The molecule has 0 N–H and O–H groups in total. The summed E-state index contributed by atoms with van der Waals surface area (Å²) >= 11 is 1.45. The standard InChI is InChI=1S/C21H22N4OS/c1-14-8-4-6-10-18(14)24-13-22-23-21(24)27-16(3)20(26)25-15(2)12-17-9-5-7-11-19(17)25/h4-11,13,15-16H,12H2,1-3H3/t15-,16-/m0/s1. The zero-order valence-corrected chi connectivity index (χ0v) is 16.5. The molecule has 0 fully saturated rings. The third-order valence-electron chi connectivity index (χ3n) is 4.97. The summed E-state index contributed by atoms with van der Waals surface area (Å²) in [4.78, 5) is 15.1. The van der Waals surface area contributed by atoms with Crippen molar-refractivity contribution in [2.45, 2.75) is 43.6 Å². The van der Waals surface area contributed by atoms with Gasteiger partial charge in [0, 0.05) is 11.7 Å². The van der Waals surface area contributed by atoms with E-state index in [1.54, 1.807) is 6.33 Å². The highest BCUT2D eigenvalue weighted by Crippen LogP contribution is 2.35. The normalized spacial score (nSPS) is 17.0. The van der Waals surface area contributed by atoms with Gasteiger partial charge < -0.3 is 4.90 Å². The largest absolute Gasteiger partial charge is 0.308 e. The van der Waals surface area contributed by atoms with Crippen LogP contribution in [0, 0.1) is 6.92 Å². The molecule has 3 aromatic rings. The van der Waals surface area contributed by atoms with Gasteiger partial charge in [-0.25, -0.2) is 0 Å². The van der Waals surface area contributed by atoms with Gasteiger partial charge in [-0.1, -0.05) is 48.2 Å². The fourth-order valence-corrected chi connectivity index (χ4v) is 4.49. The maximum Gasteiger partial charge on any atom is 0.240 e. The van der Waals surface area contributed by atoms with Gasteiger partial charge in [-0.15, -0.1) is 10.2 Å². The van der Waals surface area contributed by atoms with Crippen molar-refractivity contribution in [3.63, 3.8) is 0 Å². The van der Waals surface area contributed by atoms with E-state index >= 15 is 0 Å². The number of fused-ring (bicyclic) bond motifs is 1. The van der Waals surface area contributed by atoms with Crippen LogP contribution in [0.1, 0.15) is 25.0 Å². The molecule has 5 nitrogen and oxygen atoms in total. The molecule has 1 amide bonds. The number of anilines is 1. The van der Waals surface area contributed by atoms with Gasteiger partial charge in [0.25, 0.3) is 0 Å². The second kappa shape index (κ2) is 7.19. The average Bonchev–Trinajstić information content (AvgIpc) is 3.24. The number of thioether (sulfide) groups is 1. The maximum atomic E-state index is 13.2. The number of hydrogen-bond donors (Lipinski definition) is 0. The Balaban J connectivity index is 1.57. The number of para-hydroxylation sites is 2. The SMILES string of the molecule is Cc1ccccc1-n1cnnc1S[C@@H](C)C(=O)N1c2ccccc2C[C@@H]1C. The molecule has 1 aliphatic heterocycles. The molecule has 0 saturated heterocycles. The highest BCUT2D eigenvalue weighted by molar-refractivity contribution is 8.00. The molecule has 138 valence electrons. The van der Waals surface area contributed by atoms with Crippen LogP contribution in [0.15, 0.2) is 60.0 Å². The number of amides is 1. The number of carbonyl (C=O) groups is 1. The molecule has 4 rings (SSSR count). The van der Waals surface area contributed by atoms with Crippen molar-refractivity contribution in [2.24, 2.45) is 0 Å². The second-order valence-corrected chi connectivity index (χ2v) is 8.23. The molecular weight excluding hydrogens is 356 g/mol. The first-order valence-corrected chi connectivity index (χ1v) is 9.98. The summed E-state index contributed by atoms with van der Waals surface area (Å²) in [6.07, 6.45) is 2.61. The minimum Gasteiger partial charge on any atom is -0.308 e. The molecule has 2 aromatic carbocycles. The van der Waals surface area contributed by atoms with Crippen molar-refractivity contribution in [3.8, 4) is 5.69 Å². The summed E-state index contributed by atoms with van der Waals surface area (Å²) in [7, 11) is 0. The lowest BCUT2D eigenvalue weighted by molar-refractivity contribution is -0.118. The van der Waals surface area contributed by atoms with E-state index in [4.69, 9.17) is 0 Å². The Morgan fingerprint density at radius 2 is 1.85 bits per heavy atom. The number of hydrogen-bond acceptors (Lipinski definition) is 4. The quantitative estimate of drug-likeness (QED) is 0.643. The topological polar surface area (TPSA) is 51.0 Å². The van der Waals surface area contributed by atoms with Crippen LogP contribution < -0.4 is 4.90 Å². The summed E-state index contributed by atoms with van der Waals surface area (Å²) < 4.78 is 1.95. The van der Waals surface area contributed by atoms with Gasteiger partial charge in [0.15, 0.2) is 5.16 Å². The molecule has 0 saturated carbocycles. The molecule has 0 unspecified atom stereocenters. The van der Waals surface area contributed by atoms with Crippen molar-refractivity contribution in [1.82, 2.24) is 14.8 Å². The first-order valence-electron chi connectivity index (χ1n) is 9.10. The molecule has 1 aliphatic rings. The van der Waals surface area contributed by atoms with E-state index in [2.05, 4.69) is 36.2 Å². The minimum atomic E-state index is -0.259. The summed E-state index contributed by atoms with van der Waals surface area (Å²) in [5.41, 5.74) is 4.44. The molecule has 6 heteroatoms. The Hall–Kier alpha value is -2.60. The molecule has 1 aromatic heterocycles. The molecule has 27 heavy (non-hydrogen) atoms. The van der Waals surface area contributed by atoms with Crippen molar-refractivity contribution >= 4 is 23.4 Å². The van der Waals surface area contributed by atoms with Crippen LogP contribution in [0.2, 0.25) is 0 Å². The molecule has 0 spiro atoms. The van der Waals surface area contributed by atoms with Gasteiger partial charge in [-0.3, -0.25) is 9.36 Å². The van der Waals surface area contributed by atoms with Gasteiger partial charge in [0.05, 0.1) is 10.9 Å². The van der Waals surface area contributed by atoms with E-state index in [1.807, 2.05) is 52.8 Å². The van der Waals surface area contributed by atoms with E-state index in [9.17, 15) is 4.79 Å². The number of nitrogens with zero attached hydrogens (tertiary/aromatic N) is 4. The molecule has 2 atom stereocenters. The fraction of sp³-hybridized carbons (Fsp3) is 0.286. The number of carbonyl (C=O) groups excluding carboxylic acids is 1. The first kappa shape index (κ1) is 17.8. The van der Waals surface area contributed by atoms with E-state index in [-0.39, 0.29) is 17.2 Å². The number of rotatable bonds is 4. The monoisotopic (exact) mass is 378 g/mol. The van der Waals surface area contributed by atoms with Crippen LogP contribution >= 0.6 is 11.8 Å². The molecule has 0 radical (unpaired) electrons. The fourth-order valence-electron chi connectivity index (χ4n) is 3.61. The van der Waals surface area contributed by atoms with E-state index in [0.717, 1.165) is 28.5 Å². The summed E-state index contributed by atoms with van der Waals surface area (Å²) in [6.45, 7) is 6.10. The zero-order valence-electron chi connectivity index (χ0n) is 15.7. The summed E-state index contributed by atoms with van der Waals surface area (Å²) in [6, 6.07) is 16.4. The Labute approximate surface area is 163 Å². The summed E-state index contributed by atoms with van der Waals surface area (Å²) in [5, 5.41) is 8.79. The lowest BCUT2D eigenvalue weighted by Crippen LogP contribution is -2.40. The van der Waals surface area contributed by atoms with Crippen LogP contribution in [-0.2, 0) is 11.2 Å². The Bertz CT molecular complexity index is 984. The van der Waals surface area contributed by atoms with Crippen LogP contribution in [0.5, 0.6) is 0 Å². The third kappa shape index (κ3) is 3.25. The number of benzene rings is 2. The van der Waals surface area contributed by atoms with Gasteiger partial charge in [0.2, 0.25) is 5.91 Å². The second-order valence-electron chi connectivity index (χ2n) is 6.92. The van der Waals surface area contributed by atoms with Crippen LogP contribution in [-0.4, -0.2) is 32.0 Å². The predicted molar refractivity (Wildman–Crippen MR) is 109 cm³/mol. The zero-order chi connectivity index (χ0) is 19.0. The molecule has 0 aliphatic carbocycles. The summed E-state index contributed by atoms with van der Waals surface area (Å²) in [5.74, 6) is 0.108. The average molecular weight is 379 g/mol. The highest BCUT2D eigenvalue weighted by Gasteiger charge is 2.33. The molecule has 2 heterocycles. The van der Waals surface area contributed by atoms with Crippen LogP contribution in [0.3, 0.4) is 0 Å². The highest BCUT2D eigenvalue weighted by atomic mass is 32.2. The van der Waals surface area contributed by atoms with Crippen LogP contribution in [0.25, 0.3) is 5.69 Å². The molecule has 0 bridgehead atoms. The maximum absolute atomic E-state index is 13.2. The predicted octanol–water partition coefficient (Wildman–Crippen LogP) is 4.03.